The normalized spacial score (nSPS) is 14.2. The second-order valence-corrected chi connectivity index (χ2v) is 8.04. The van der Waals surface area contributed by atoms with Crippen molar-refractivity contribution in [2.24, 2.45) is 0 Å². The molecule has 0 unspecified atom stereocenters. The van der Waals surface area contributed by atoms with Gasteiger partial charge in [0.15, 0.2) is 10.2 Å². The van der Waals surface area contributed by atoms with Crippen LogP contribution in [0.3, 0.4) is 0 Å². The summed E-state index contributed by atoms with van der Waals surface area (Å²) in [6, 6.07) is 7.26. The summed E-state index contributed by atoms with van der Waals surface area (Å²) in [6.45, 7) is 0.483. The monoisotopic (exact) mass is 412 g/mol. The van der Waals surface area contributed by atoms with Crippen LogP contribution in [0, 0.1) is 0 Å². The minimum Gasteiger partial charge on any atom is -0.378 e. The van der Waals surface area contributed by atoms with Crippen molar-refractivity contribution in [1.82, 2.24) is 14.8 Å². The Kier molecular flexibility index (Phi) is 4.86. The SMILES string of the molecule is FC(F)(F)c1nn(-c2ccccc2NCc2cnc(Cl)s2)c2c1CCCC2. The van der Waals surface area contributed by atoms with E-state index >= 15 is 0 Å². The summed E-state index contributed by atoms with van der Waals surface area (Å²) < 4.78 is 42.3. The molecular formula is C18H16ClF3N4S. The quantitative estimate of drug-likeness (QED) is 0.616. The fourth-order valence-electron chi connectivity index (χ4n) is 3.38. The molecule has 0 aliphatic heterocycles. The molecule has 0 bridgehead atoms. The summed E-state index contributed by atoms with van der Waals surface area (Å²) in [4.78, 5) is 4.94. The van der Waals surface area contributed by atoms with Crippen LogP contribution in [0.2, 0.25) is 4.47 Å². The Balaban J connectivity index is 1.72. The minimum atomic E-state index is -4.45. The van der Waals surface area contributed by atoms with Gasteiger partial charge in [0.25, 0.3) is 0 Å². The van der Waals surface area contributed by atoms with Gasteiger partial charge in [-0.3, -0.25) is 0 Å². The molecule has 3 aromatic rings. The molecule has 0 amide bonds. The van der Waals surface area contributed by atoms with Crippen LogP contribution in [-0.4, -0.2) is 14.8 Å². The molecule has 0 spiro atoms. The van der Waals surface area contributed by atoms with Gasteiger partial charge in [-0.2, -0.15) is 18.3 Å². The second kappa shape index (κ2) is 7.16. The summed E-state index contributed by atoms with van der Waals surface area (Å²) in [7, 11) is 0. The van der Waals surface area contributed by atoms with Crippen LogP contribution in [0.5, 0.6) is 0 Å². The average molecular weight is 413 g/mol. The molecule has 1 aromatic carbocycles. The van der Waals surface area contributed by atoms with Gasteiger partial charge in [0, 0.05) is 22.3 Å². The van der Waals surface area contributed by atoms with E-state index in [2.05, 4.69) is 15.4 Å². The largest absolute Gasteiger partial charge is 0.435 e. The Labute approximate surface area is 163 Å². The van der Waals surface area contributed by atoms with Gasteiger partial charge in [-0.25, -0.2) is 9.67 Å². The number of fused-ring (bicyclic) bond motifs is 1. The van der Waals surface area contributed by atoms with Crippen LogP contribution in [0.4, 0.5) is 18.9 Å². The third-order valence-electron chi connectivity index (χ3n) is 4.56. The van der Waals surface area contributed by atoms with Crippen LogP contribution in [0.1, 0.15) is 34.7 Å². The number of hydrogen-bond donors (Lipinski definition) is 1. The lowest BCUT2D eigenvalue weighted by Gasteiger charge is -2.17. The van der Waals surface area contributed by atoms with Crippen LogP contribution < -0.4 is 5.32 Å². The molecular weight excluding hydrogens is 397 g/mol. The third-order valence-corrected chi connectivity index (χ3v) is 5.67. The van der Waals surface area contributed by atoms with Crippen LogP contribution in [0.15, 0.2) is 30.5 Å². The summed E-state index contributed by atoms with van der Waals surface area (Å²) in [5, 5.41) is 7.24. The highest BCUT2D eigenvalue weighted by Crippen LogP contribution is 2.37. The van der Waals surface area contributed by atoms with E-state index in [1.807, 2.05) is 12.1 Å². The van der Waals surface area contributed by atoms with Gasteiger partial charge < -0.3 is 5.32 Å². The van der Waals surface area contributed by atoms with Crippen molar-refractivity contribution in [1.29, 1.82) is 0 Å². The number of benzene rings is 1. The maximum Gasteiger partial charge on any atom is 0.435 e. The molecule has 1 aliphatic carbocycles. The zero-order valence-corrected chi connectivity index (χ0v) is 15.8. The Morgan fingerprint density at radius 3 is 2.70 bits per heavy atom. The summed E-state index contributed by atoms with van der Waals surface area (Å²) in [5.41, 5.74) is 1.55. The second-order valence-electron chi connectivity index (χ2n) is 6.34. The van der Waals surface area contributed by atoms with Crippen LogP contribution in [0.25, 0.3) is 5.69 Å². The number of alkyl halides is 3. The van der Waals surface area contributed by atoms with Crippen molar-refractivity contribution in [3.05, 3.63) is 56.8 Å². The lowest BCUT2D eigenvalue weighted by molar-refractivity contribution is -0.142. The van der Waals surface area contributed by atoms with Crippen molar-refractivity contribution >= 4 is 28.6 Å². The zero-order chi connectivity index (χ0) is 19.0. The van der Waals surface area contributed by atoms with Gasteiger partial charge in [0.05, 0.1) is 17.9 Å². The van der Waals surface area contributed by atoms with E-state index in [-0.39, 0.29) is 0 Å². The maximum atomic E-state index is 13.5. The fraction of sp³-hybridized carbons (Fsp3) is 0.333. The molecule has 4 nitrogen and oxygen atoms in total. The Bertz CT molecular complexity index is 964. The lowest BCUT2D eigenvalue weighted by Crippen LogP contribution is -2.11. The van der Waals surface area contributed by atoms with Gasteiger partial charge in [0.1, 0.15) is 0 Å². The highest BCUT2D eigenvalue weighted by molar-refractivity contribution is 7.15. The number of anilines is 1. The summed E-state index contributed by atoms with van der Waals surface area (Å²) >= 11 is 7.21. The first-order chi connectivity index (χ1) is 12.9. The standard InChI is InChI=1S/C18H16ClF3N4S/c19-17-24-10-11(27-17)9-23-13-6-2-4-8-15(13)26-14-7-3-1-5-12(14)16(25-26)18(20,21)22/h2,4,6,8,10,23H,1,3,5,7,9H2. The molecule has 1 N–H and O–H groups in total. The average Bonchev–Trinajstić information content (AvgIpc) is 3.23. The topological polar surface area (TPSA) is 42.7 Å². The van der Waals surface area contributed by atoms with Crippen molar-refractivity contribution in [2.45, 2.75) is 38.4 Å². The number of para-hydroxylation sites is 2. The minimum absolute atomic E-state index is 0.331. The fourth-order valence-corrected chi connectivity index (χ4v) is 4.30. The molecule has 0 saturated carbocycles. The number of rotatable bonds is 4. The van der Waals surface area contributed by atoms with Crippen molar-refractivity contribution in [3.63, 3.8) is 0 Å². The van der Waals surface area contributed by atoms with E-state index in [0.29, 0.717) is 46.5 Å². The maximum absolute atomic E-state index is 13.5. The van der Waals surface area contributed by atoms with Gasteiger partial charge in [0.2, 0.25) is 0 Å². The van der Waals surface area contributed by atoms with E-state index in [4.69, 9.17) is 11.6 Å². The van der Waals surface area contributed by atoms with Gasteiger partial charge in [-0.05, 0) is 37.8 Å². The smallest absolute Gasteiger partial charge is 0.378 e. The highest BCUT2D eigenvalue weighted by atomic mass is 35.5. The predicted molar refractivity (Wildman–Crippen MR) is 99.7 cm³/mol. The molecule has 0 radical (unpaired) electrons. The first-order valence-electron chi connectivity index (χ1n) is 8.55. The van der Waals surface area contributed by atoms with E-state index in [1.54, 1.807) is 18.3 Å². The van der Waals surface area contributed by atoms with E-state index < -0.39 is 11.9 Å². The third kappa shape index (κ3) is 3.68. The van der Waals surface area contributed by atoms with Crippen LogP contribution in [-0.2, 0) is 25.6 Å². The van der Waals surface area contributed by atoms with Crippen molar-refractivity contribution in [2.75, 3.05) is 5.32 Å². The molecule has 9 heteroatoms. The lowest BCUT2D eigenvalue weighted by atomic mass is 9.95. The van der Waals surface area contributed by atoms with Crippen LogP contribution >= 0.6 is 22.9 Å². The number of aromatic nitrogens is 3. The van der Waals surface area contributed by atoms with E-state index in [1.165, 1.54) is 16.0 Å². The molecule has 27 heavy (non-hydrogen) atoms. The Morgan fingerprint density at radius 1 is 1.19 bits per heavy atom. The number of nitrogens with zero attached hydrogens (tertiary/aromatic N) is 3. The Morgan fingerprint density at radius 2 is 1.96 bits per heavy atom. The molecule has 2 aromatic heterocycles. The molecule has 2 heterocycles. The van der Waals surface area contributed by atoms with E-state index in [0.717, 1.165) is 17.7 Å². The zero-order valence-electron chi connectivity index (χ0n) is 14.2. The Hall–Kier alpha value is -2.06. The molecule has 0 fully saturated rings. The first kappa shape index (κ1) is 18.3. The molecule has 1 aliphatic rings. The van der Waals surface area contributed by atoms with Gasteiger partial charge in [-0.15, -0.1) is 11.3 Å². The molecule has 0 atom stereocenters. The highest BCUT2D eigenvalue weighted by Gasteiger charge is 2.39. The molecule has 0 saturated heterocycles. The number of halogens is 4. The van der Waals surface area contributed by atoms with E-state index in [9.17, 15) is 13.2 Å². The van der Waals surface area contributed by atoms with Gasteiger partial charge in [-0.1, -0.05) is 23.7 Å². The molecule has 142 valence electrons. The summed E-state index contributed by atoms with van der Waals surface area (Å²) in [5.74, 6) is 0. The van der Waals surface area contributed by atoms with Crippen molar-refractivity contribution in [3.8, 4) is 5.69 Å². The predicted octanol–water partition coefficient (Wildman–Crippen LogP) is 5.49. The number of nitrogens with one attached hydrogen (secondary N) is 1. The molecule has 4 rings (SSSR count). The number of hydrogen-bond acceptors (Lipinski definition) is 4. The van der Waals surface area contributed by atoms with Gasteiger partial charge >= 0.3 is 6.18 Å². The van der Waals surface area contributed by atoms with Crippen molar-refractivity contribution < 1.29 is 13.2 Å². The first-order valence-corrected chi connectivity index (χ1v) is 9.74. The number of thiazole rings is 1. The summed E-state index contributed by atoms with van der Waals surface area (Å²) in [6.07, 6.45) is -0.135.